The van der Waals surface area contributed by atoms with E-state index in [1.807, 2.05) is 31.4 Å². The maximum Gasteiger partial charge on any atom is 0.326 e. The highest BCUT2D eigenvalue weighted by Crippen LogP contribution is 2.30. The standard InChI is InChI=1S/C17H19NO3S/c1-10-3-4-12-13(9-22-15(12)8-10)16(19)18-6-5-11(2)7-14(18)17(20)21/h3-4,8-9,11,14H,5-7H2,1-2H3,(H,20,21). The summed E-state index contributed by atoms with van der Waals surface area (Å²) < 4.78 is 1.07. The Labute approximate surface area is 133 Å². The molecule has 0 bridgehead atoms. The predicted molar refractivity (Wildman–Crippen MR) is 87.4 cm³/mol. The lowest BCUT2D eigenvalue weighted by atomic mass is 9.92. The lowest BCUT2D eigenvalue weighted by Crippen LogP contribution is -2.49. The van der Waals surface area contributed by atoms with Crippen LogP contribution in [0.15, 0.2) is 23.6 Å². The Morgan fingerprint density at radius 3 is 2.86 bits per heavy atom. The van der Waals surface area contributed by atoms with E-state index >= 15 is 0 Å². The zero-order valence-corrected chi connectivity index (χ0v) is 13.5. The molecule has 1 saturated heterocycles. The molecule has 22 heavy (non-hydrogen) atoms. The summed E-state index contributed by atoms with van der Waals surface area (Å²) >= 11 is 1.54. The monoisotopic (exact) mass is 317 g/mol. The van der Waals surface area contributed by atoms with Gasteiger partial charge in [0.1, 0.15) is 6.04 Å². The summed E-state index contributed by atoms with van der Waals surface area (Å²) in [5.41, 5.74) is 1.78. The minimum atomic E-state index is -0.907. The van der Waals surface area contributed by atoms with Gasteiger partial charge in [0.05, 0.1) is 5.56 Å². The number of hydrogen-bond donors (Lipinski definition) is 1. The number of carboxylic acids is 1. The van der Waals surface area contributed by atoms with Crippen LogP contribution >= 0.6 is 11.3 Å². The molecule has 1 aromatic heterocycles. The van der Waals surface area contributed by atoms with Crippen LogP contribution in [-0.4, -0.2) is 34.5 Å². The van der Waals surface area contributed by atoms with Gasteiger partial charge >= 0.3 is 5.97 Å². The molecular weight excluding hydrogens is 298 g/mol. The third-order valence-corrected chi connectivity index (χ3v) is 5.32. The van der Waals surface area contributed by atoms with Crippen LogP contribution in [0.4, 0.5) is 0 Å². The second-order valence-corrected chi connectivity index (χ2v) is 7.04. The van der Waals surface area contributed by atoms with Gasteiger partial charge in [0, 0.05) is 22.0 Å². The molecule has 0 spiro atoms. The molecule has 2 aromatic rings. The summed E-state index contributed by atoms with van der Waals surface area (Å²) in [6.45, 7) is 4.58. The fourth-order valence-corrected chi connectivity index (χ4v) is 4.11. The number of carboxylic acid groups (broad SMARTS) is 1. The van der Waals surface area contributed by atoms with Crippen LogP contribution in [0.25, 0.3) is 10.1 Å². The molecule has 2 atom stereocenters. The Hall–Kier alpha value is -1.88. The normalized spacial score (nSPS) is 22.0. The van der Waals surface area contributed by atoms with Gasteiger partial charge < -0.3 is 10.0 Å². The van der Waals surface area contributed by atoms with Gasteiger partial charge in [-0.3, -0.25) is 4.79 Å². The highest BCUT2D eigenvalue weighted by Gasteiger charge is 2.35. The van der Waals surface area contributed by atoms with E-state index in [1.165, 1.54) is 16.2 Å². The van der Waals surface area contributed by atoms with Crippen LogP contribution < -0.4 is 0 Å². The summed E-state index contributed by atoms with van der Waals surface area (Å²) in [6, 6.07) is 5.29. The average molecular weight is 317 g/mol. The Bertz CT molecular complexity index is 737. The molecule has 3 rings (SSSR count). The molecule has 0 aliphatic carbocycles. The third kappa shape index (κ3) is 2.61. The second-order valence-electron chi connectivity index (χ2n) is 6.13. The average Bonchev–Trinajstić information content (AvgIpc) is 2.89. The molecule has 4 nitrogen and oxygen atoms in total. The maximum absolute atomic E-state index is 12.9. The van der Waals surface area contributed by atoms with Gasteiger partial charge in [0.15, 0.2) is 0 Å². The van der Waals surface area contributed by atoms with Gasteiger partial charge in [-0.1, -0.05) is 19.1 Å². The van der Waals surface area contributed by atoms with E-state index in [9.17, 15) is 14.7 Å². The fraction of sp³-hybridized carbons (Fsp3) is 0.412. The van der Waals surface area contributed by atoms with Gasteiger partial charge in [-0.05, 0) is 37.3 Å². The minimum absolute atomic E-state index is 0.158. The molecule has 1 aliphatic heterocycles. The molecule has 1 aliphatic rings. The van der Waals surface area contributed by atoms with E-state index in [1.54, 1.807) is 0 Å². The molecule has 1 amide bonds. The highest BCUT2D eigenvalue weighted by atomic mass is 32.1. The molecule has 1 fully saturated rings. The Morgan fingerprint density at radius 1 is 1.36 bits per heavy atom. The topological polar surface area (TPSA) is 57.6 Å². The van der Waals surface area contributed by atoms with E-state index < -0.39 is 12.0 Å². The van der Waals surface area contributed by atoms with E-state index in [-0.39, 0.29) is 5.91 Å². The lowest BCUT2D eigenvalue weighted by molar-refractivity contribution is -0.144. The smallest absolute Gasteiger partial charge is 0.326 e. The number of aliphatic carboxylic acids is 1. The molecule has 0 saturated carbocycles. The van der Waals surface area contributed by atoms with Crippen molar-refractivity contribution >= 4 is 33.3 Å². The van der Waals surface area contributed by atoms with Gasteiger partial charge in [-0.15, -0.1) is 11.3 Å². The molecule has 1 N–H and O–H groups in total. The zero-order chi connectivity index (χ0) is 15.9. The number of piperidine rings is 1. The molecular formula is C17H19NO3S. The second kappa shape index (κ2) is 5.72. The van der Waals surface area contributed by atoms with Crippen LogP contribution in [0, 0.1) is 12.8 Å². The number of thiophene rings is 1. The van der Waals surface area contributed by atoms with Gasteiger partial charge in [0.25, 0.3) is 5.91 Å². The number of amides is 1. The number of carbonyl (C=O) groups excluding carboxylic acids is 1. The number of hydrogen-bond acceptors (Lipinski definition) is 3. The summed E-state index contributed by atoms with van der Waals surface area (Å²) in [5, 5.41) is 12.2. The first-order valence-corrected chi connectivity index (χ1v) is 8.37. The summed E-state index contributed by atoms with van der Waals surface area (Å²) in [4.78, 5) is 25.9. The molecule has 2 unspecified atom stereocenters. The number of carbonyl (C=O) groups is 2. The minimum Gasteiger partial charge on any atom is -0.480 e. The molecule has 0 radical (unpaired) electrons. The predicted octanol–water partition coefficient (Wildman–Crippen LogP) is 3.54. The van der Waals surface area contributed by atoms with Gasteiger partial charge in [-0.25, -0.2) is 4.79 Å². The number of rotatable bonds is 2. The number of benzene rings is 1. The molecule has 116 valence electrons. The third-order valence-electron chi connectivity index (χ3n) is 4.37. The van der Waals surface area contributed by atoms with Gasteiger partial charge in [-0.2, -0.15) is 0 Å². The van der Waals surface area contributed by atoms with Crippen molar-refractivity contribution in [3.8, 4) is 0 Å². The van der Waals surface area contributed by atoms with E-state index in [4.69, 9.17) is 0 Å². The van der Waals surface area contributed by atoms with Crippen molar-refractivity contribution in [1.82, 2.24) is 4.90 Å². The van der Waals surface area contributed by atoms with Crippen LogP contribution in [-0.2, 0) is 4.79 Å². The van der Waals surface area contributed by atoms with Crippen LogP contribution in [0.2, 0.25) is 0 Å². The number of fused-ring (bicyclic) bond motifs is 1. The first-order chi connectivity index (χ1) is 10.5. The van der Waals surface area contributed by atoms with Crippen molar-refractivity contribution in [3.05, 3.63) is 34.7 Å². The van der Waals surface area contributed by atoms with Crippen molar-refractivity contribution in [1.29, 1.82) is 0 Å². The van der Waals surface area contributed by atoms with Crippen molar-refractivity contribution in [2.45, 2.75) is 32.7 Å². The summed E-state index contributed by atoms with van der Waals surface area (Å²) in [6.07, 6.45) is 1.39. The number of likely N-dealkylation sites (tertiary alicyclic amines) is 1. The van der Waals surface area contributed by atoms with Crippen LogP contribution in [0.1, 0.15) is 35.7 Å². The Balaban J connectivity index is 1.96. The quantitative estimate of drug-likeness (QED) is 0.922. The zero-order valence-electron chi connectivity index (χ0n) is 12.7. The molecule has 2 heterocycles. The first-order valence-electron chi connectivity index (χ1n) is 7.49. The van der Waals surface area contributed by atoms with Crippen molar-refractivity contribution in [2.24, 2.45) is 5.92 Å². The van der Waals surface area contributed by atoms with Crippen LogP contribution in [0.5, 0.6) is 0 Å². The summed E-state index contributed by atoms with van der Waals surface area (Å²) in [5.74, 6) is -0.725. The van der Waals surface area contributed by atoms with Crippen molar-refractivity contribution in [3.63, 3.8) is 0 Å². The lowest BCUT2D eigenvalue weighted by Gasteiger charge is -2.35. The molecule has 1 aromatic carbocycles. The maximum atomic E-state index is 12.9. The number of aryl methyl sites for hydroxylation is 1. The van der Waals surface area contributed by atoms with Gasteiger partial charge in [0.2, 0.25) is 0 Å². The van der Waals surface area contributed by atoms with Crippen LogP contribution in [0.3, 0.4) is 0 Å². The largest absolute Gasteiger partial charge is 0.480 e. The SMILES string of the molecule is Cc1ccc2c(C(=O)N3CCC(C)CC3C(=O)O)csc2c1. The van der Waals surface area contributed by atoms with E-state index in [0.717, 1.165) is 22.1 Å². The molecule has 5 heteroatoms. The highest BCUT2D eigenvalue weighted by molar-refractivity contribution is 7.17. The Morgan fingerprint density at radius 2 is 2.14 bits per heavy atom. The Kier molecular flexibility index (Phi) is 3.91. The first kappa shape index (κ1) is 15.0. The van der Waals surface area contributed by atoms with E-state index in [2.05, 4.69) is 6.07 Å². The fourth-order valence-electron chi connectivity index (χ4n) is 3.07. The van der Waals surface area contributed by atoms with E-state index in [0.29, 0.717) is 24.4 Å². The number of nitrogens with zero attached hydrogens (tertiary/aromatic N) is 1. The van der Waals surface area contributed by atoms with Crippen molar-refractivity contribution < 1.29 is 14.7 Å². The van der Waals surface area contributed by atoms with Crippen molar-refractivity contribution in [2.75, 3.05) is 6.54 Å². The summed E-state index contributed by atoms with van der Waals surface area (Å²) in [7, 11) is 0.